The number of ether oxygens (including phenoxy) is 4. The van der Waals surface area contributed by atoms with Crippen LogP contribution in [-0.4, -0.2) is 32.1 Å². The minimum absolute atomic E-state index is 0.158. The van der Waals surface area contributed by atoms with E-state index in [4.69, 9.17) is 18.9 Å². The SMILES string of the molecule is CCCOc1ccc(OC)cc1C=C1Oc2ccc(C(=O)OCC)cc2C1=O. The number of ketones is 1. The van der Waals surface area contributed by atoms with Crippen molar-refractivity contribution in [1.29, 1.82) is 0 Å². The lowest BCUT2D eigenvalue weighted by Gasteiger charge is -2.10. The summed E-state index contributed by atoms with van der Waals surface area (Å²) in [6.07, 6.45) is 2.49. The van der Waals surface area contributed by atoms with E-state index in [1.54, 1.807) is 50.4 Å². The Morgan fingerprint density at radius 1 is 1.14 bits per heavy atom. The van der Waals surface area contributed by atoms with Gasteiger partial charge in [0.25, 0.3) is 0 Å². The van der Waals surface area contributed by atoms with E-state index in [9.17, 15) is 9.59 Å². The van der Waals surface area contributed by atoms with E-state index in [1.807, 2.05) is 6.92 Å². The molecule has 0 N–H and O–H groups in total. The Bertz CT molecular complexity index is 929. The van der Waals surface area contributed by atoms with Gasteiger partial charge < -0.3 is 18.9 Å². The minimum atomic E-state index is -0.474. The fourth-order valence-electron chi connectivity index (χ4n) is 2.78. The zero-order chi connectivity index (χ0) is 20.1. The Hall–Kier alpha value is -3.28. The number of rotatable bonds is 7. The van der Waals surface area contributed by atoms with Crippen LogP contribution in [0.3, 0.4) is 0 Å². The van der Waals surface area contributed by atoms with Crippen molar-refractivity contribution in [3.05, 3.63) is 58.8 Å². The van der Waals surface area contributed by atoms with Crippen LogP contribution in [0.5, 0.6) is 17.2 Å². The molecule has 6 heteroatoms. The number of hydrogen-bond donors (Lipinski definition) is 0. The Kier molecular flexibility index (Phi) is 5.99. The summed E-state index contributed by atoms with van der Waals surface area (Å²) in [7, 11) is 1.57. The van der Waals surface area contributed by atoms with Gasteiger partial charge in [0.05, 0.1) is 31.5 Å². The molecule has 28 heavy (non-hydrogen) atoms. The van der Waals surface area contributed by atoms with Crippen LogP contribution in [0.25, 0.3) is 6.08 Å². The van der Waals surface area contributed by atoms with Crippen LogP contribution in [0.1, 0.15) is 46.5 Å². The van der Waals surface area contributed by atoms with Crippen molar-refractivity contribution in [1.82, 2.24) is 0 Å². The first-order valence-corrected chi connectivity index (χ1v) is 9.13. The summed E-state index contributed by atoms with van der Waals surface area (Å²) in [5.41, 5.74) is 1.32. The molecular formula is C22H22O6. The number of carbonyl (C=O) groups is 2. The van der Waals surface area contributed by atoms with E-state index in [0.717, 1.165) is 6.42 Å². The first-order valence-electron chi connectivity index (χ1n) is 9.13. The van der Waals surface area contributed by atoms with E-state index < -0.39 is 5.97 Å². The quantitative estimate of drug-likeness (QED) is 0.526. The minimum Gasteiger partial charge on any atom is -0.497 e. The molecule has 1 heterocycles. The summed E-state index contributed by atoms with van der Waals surface area (Å²) in [5.74, 6) is 1.07. The number of carbonyl (C=O) groups excluding carboxylic acids is 2. The van der Waals surface area contributed by atoms with Crippen LogP contribution >= 0.6 is 0 Å². The van der Waals surface area contributed by atoms with E-state index >= 15 is 0 Å². The summed E-state index contributed by atoms with van der Waals surface area (Å²) in [6.45, 7) is 4.57. The number of methoxy groups -OCH3 is 1. The fraction of sp³-hybridized carbons (Fsp3) is 0.273. The lowest BCUT2D eigenvalue weighted by atomic mass is 10.1. The second-order valence-electron chi connectivity index (χ2n) is 6.12. The highest BCUT2D eigenvalue weighted by atomic mass is 16.5. The summed E-state index contributed by atoms with van der Waals surface area (Å²) in [6, 6.07) is 10.0. The van der Waals surface area contributed by atoms with Crippen molar-refractivity contribution in [3.63, 3.8) is 0 Å². The van der Waals surface area contributed by atoms with E-state index in [-0.39, 0.29) is 18.1 Å². The van der Waals surface area contributed by atoms with Gasteiger partial charge in [0.1, 0.15) is 17.2 Å². The lowest BCUT2D eigenvalue weighted by Crippen LogP contribution is -2.05. The second kappa shape index (κ2) is 8.61. The maximum Gasteiger partial charge on any atom is 0.338 e. The summed E-state index contributed by atoms with van der Waals surface area (Å²) in [4.78, 5) is 24.7. The molecular weight excluding hydrogens is 360 g/mol. The number of Topliss-reactive ketones (excluding diaryl/α,β-unsaturated/α-hetero) is 1. The molecule has 0 radical (unpaired) electrons. The van der Waals surface area contributed by atoms with Crippen molar-refractivity contribution in [2.24, 2.45) is 0 Å². The highest BCUT2D eigenvalue weighted by Crippen LogP contribution is 2.34. The molecule has 1 aliphatic rings. The molecule has 0 spiro atoms. The molecule has 0 amide bonds. The van der Waals surface area contributed by atoms with Gasteiger partial charge in [-0.15, -0.1) is 0 Å². The molecule has 0 aliphatic carbocycles. The van der Waals surface area contributed by atoms with Gasteiger partial charge in [-0.3, -0.25) is 4.79 Å². The van der Waals surface area contributed by atoms with Gasteiger partial charge in [0, 0.05) is 5.56 Å². The van der Waals surface area contributed by atoms with Gasteiger partial charge in [0.15, 0.2) is 5.76 Å². The molecule has 2 aromatic rings. The monoisotopic (exact) mass is 382 g/mol. The molecule has 1 aliphatic heterocycles. The molecule has 0 unspecified atom stereocenters. The predicted octanol–water partition coefficient (Wildman–Crippen LogP) is 4.28. The zero-order valence-electron chi connectivity index (χ0n) is 16.1. The first kappa shape index (κ1) is 19.5. The van der Waals surface area contributed by atoms with E-state index in [1.165, 1.54) is 6.07 Å². The standard InChI is InChI=1S/C22H22O6/c1-4-10-27-18-9-7-16(25-3)11-15(18)13-20-21(23)17-12-14(22(24)26-5-2)6-8-19(17)28-20/h6-9,11-13H,4-5,10H2,1-3H3. The van der Waals surface area contributed by atoms with Crippen LogP contribution in [0.15, 0.2) is 42.2 Å². The number of fused-ring (bicyclic) bond motifs is 1. The molecule has 146 valence electrons. The lowest BCUT2D eigenvalue weighted by molar-refractivity contribution is 0.0526. The largest absolute Gasteiger partial charge is 0.497 e. The molecule has 0 fully saturated rings. The van der Waals surface area contributed by atoms with E-state index in [2.05, 4.69) is 0 Å². The van der Waals surface area contributed by atoms with Crippen LogP contribution < -0.4 is 14.2 Å². The molecule has 0 saturated carbocycles. The van der Waals surface area contributed by atoms with Gasteiger partial charge in [-0.1, -0.05) is 6.92 Å². The normalized spacial score (nSPS) is 13.8. The Morgan fingerprint density at radius 3 is 2.68 bits per heavy atom. The molecule has 0 aromatic heterocycles. The number of allylic oxidation sites excluding steroid dienone is 1. The van der Waals surface area contributed by atoms with E-state index in [0.29, 0.717) is 40.5 Å². The van der Waals surface area contributed by atoms with Crippen LogP contribution in [0.2, 0.25) is 0 Å². The smallest absolute Gasteiger partial charge is 0.338 e. The third-order valence-electron chi connectivity index (χ3n) is 4.14. The highest BCUT2D eigenvalue weighted by molar-refractivity contribution is 6.15. The van der Waals surface area contributed by atoms with Gasteiger partial charge in [0.2, 0.25) is 5.78 Å². The third kappa shape index (κ3) is 4.01. The third-order valence-corrected chi connectivity index (χ3v) is 4.14. The van der Waals surface area contributed by atoms with Crippen LogP contribution in [0.4, 0.5) is 0 Å². The fourth-order valence-corrected chi connectivity index (χ4v) is 2.78. The average Bonchev–Trinajstić information content (AvgIpc) is 3.02. The first-order chi connectivity index (χ1) is 13.6. The molecule has 0 saturated heterocycles. The predicted molar refractivity (Wildman–Crippen MR) is 104 cm³/mol. The number of benzene rings is 2. The van der Waals surface area contributed by atoms with Crippen molar-refractivity contribution in [2.45, 2.75) is 20.3 Å². The average molecular weight is 382 g/mol. The van der Waals surface area contributed by atoms with Crippen molar-refractivity contribution >= 4 is 17.8 Å². The van der Waals surface area contributed by atoms with Gasteiger partial charge in [-0.25, -0.2) is 4.79 Å². The highest BCUT2D eigenvalue weighted by Gasteiger charge is 2.29. The van der Waals surface area contributed by atoms with Gasteiger partial charge >= 0.3 is 5.97 Å². The maximum atomic E-state index is 12.8. The second-order valence-corrected chi connectivity index (χ2v) is 6.12. The Morgan fingerprint density at radius 2 is 1.96 bits per heavy atom. The van der Waals surface area contributed by atoms with Crippen LogP contribution in [-0.2, 0) is 4.74 Å². The topological polar surface area (TPSA) is 71.1 Å². The molecule has 0 bridgehead atoms. The summed E-state index contributed by atoms with van der Waals surface area (Å²) in [5, 5.41) is 0. The zero-order valence-corrected chi connectivity index (χ0v) is 16.1. The number of hydrogen-bond acceptors (Lipinski definition) is 6. The van der Waals surface area contributed by atoms with Crippen molar-refractivity contribution in [3.8, 4) is 17.2 Å². The molecule has 6 nitrogen and oxygen atoms in total. The van der Waals surface area contributed by atoms with Crippen molar-refractivity contribution < 1.29 is 28.5 Å². The Labute approximate surface area is 163 Å². The molecule has 3 rings (SSSR count). The maximum absolute atomic E-state index is 12.8. The summed E-state index contributed by atoms with van der Waals surface area (Å²) >= 11 is 0. The van der Waals surface area contributed by atoms with Gasteiger partial charge in [-0.05, 0) is 55.8 Å². The number of esters is 1. The van der Waals surface area contributed by atoms with Crippen LogP contribution in [0, 0.1) is 0 Å². The Balaban J connectivity index is 1.93. The molecule has 0 atom stereocenters. The summed E-state index contributed by atoms with van der Waals surface area (Å²) < 4.78 is 21.7. The van der Waals surface area contributed by atoms with Crippen molar-refractivity contribution in [2.75, 3.05) is 20.3 Å². The molecule has 2 aromatic carbocycles. The van der Waals surface area contributed by atoms with Gasteiger partial charge in [-0.2, -0.15) is 0 Å².